The first-order chi connectivity index (χ1) is 18.0. The van der Waals surface area contributed by atoms with Gasteiger partial charge in [0.1, 0.15) is 11.5 Å². The van der Waals surface area contributed by atoms with Gasteiger partial charge >= 0.3 is 0 Å². The van der Waals surface area contributed by atoms with Gasteiger partial charge in [-0.15, -0.1) is 0 Å². The summed E-state index contributed by atoms with van der Waals surface area (Å²) in [6.07, 6.45) is 1.18. The van der Waals surface area contributed by atoms with E-state index in [0.29, 0.717) is 29.2 Å². The topological polar surface area (TPSA) is 99.4 Å². The molecule has 0 fully saturated rings. The number of allylic oxidation sites excluding steroid dienone is 2. The number of hydrogen-bond donors (Lipinski definition) is 1. The van der Waals surface area contributed by atoms with Gasteiger partial charge in [-0.2, -0.15) is 0 Å². The smallest absolute Gasteiger partial charge is 0.272 e. The number of Topliss-reactive ketones (excluding diaryl/α,β-unsaturated/α-hetero) is 1. The van der Waals surface area contributed by atoms with Gasteiger partial charge in [0.05, 0.1) is 4.92 Å². The average molecular weight is 509 g/mol. The van der Waals surface area contributed by atoms with E-state index in [9.17, 15) is 14.9 Å². The molecule has 1 aromatic heterocycles. The van der Waals surface area contributed by atoms with Crippen LogP contribution >= 0.6 is 0 Å². The van der Waals surface area contributed by atoms with Crippen molar-refractivity contribution in [1.29, 1.82) is 0 Å². The van der Waals surface area contributed by atoms with Crippen LogP contribution in [0.3, 0.4) is 0 Å². The molecular formula is C32H32N2O4. The third-order valence-electron chi connectivity index (χ3n) is 7.89. The number of nitrogen functional groups attached to an aromatic ring is 1. The summed E-state index contributed by atoms with van der Waals surface area (Å²) in [7, 11) is 0. The van der Waals surface area contributed by atoms with E-state index >= 15 is 0 Å². The molecule has 0 spiro atoms. The molecule has 0 radical (unpaired) electrons. The maximum Gasteiger partial charge on any atom is 0.272 e. The van der Waals surface area contributed by atoms with Crippen molar-refractivity contribution in [2.45, 2.75) is 53.4 Å². The van der Waals surface area contributed by atoms with Crippen LogP contribution in [0.15, 0.2) is 70.7 Å². The summed E-state index contributed by atoms with van der Waals surface area (Å²) >= 11 is 0. The molecule has 1 heterocycles. The Kier molecular flexibility index (Phi) is 6.22. The number of nitrogens with zero attached hydrogens (tertiary/aromatic N) is 1. The third-order valence-corrected chi connectivity index (χ3v) is 7.89. The fourth-order valence-corrected chi connectivity index (χ4v) is 5.83. The summed E-state index contributed by atoms with van der Waals surface area (Å²) in [5.74, 6) is 1.11. The fourth-order valence-electron chi connectivity index (χ4n) is 5.83. The Hall–Kier alpha value is -4.19. The molecule has 38 heavy (non-hydrogen) atoms. The van der Waals surface area contributed by atoms with E-state index in [1.807, 2.05) is 50.2 Å². The molecule has 0 aliphatic heterocycles. The minimum absolute atomic E-state index is 0.0873. The van der Waals surface area contributed by atoms with E-state index in [1.54, 1.807) is 13.0 Å². The van der Waals surface area contributed by atoms with Crippen LogP contribution in [0.5, 0.6) is 0 Å². The van der Waals surface area contributed by atoms with Gasteiger partial charge in [0.2, 0.25) is 0 Å². The first-order valence-corrected chi connectivity index (χ1v) is 12.9. The molecule has 194 valence electrons. The van der Waals surface area contributed by atoms with Gasteiger partial charge in [-0.3, -0.25) is 14.9 Å². The van der Waals surface area contributed by atoms with Crippen molar-refractivity contribution >= 4 is 33.5 Å². The molecule has 6 nitrogen and oxygen atoms in total. The molecule has 1 atom stereocenters. The van der Waals surface area contributed by atoms with Gasteiger partial charge in [-0.05, 0) is 71.9 Å². The Morgan fingerprint density at radius 2 is 1.71 bits per heavy atom. The van der Waals surface area contributed by atoms with Gasteiger partial charge in [0.15, 0.2) is 5.78 Å². The van der Waals surface area contributed by atoms with Crippen molar-refractivity contribution in [2.75, 3.05) is 5.73 Å². The van der Waals surface area contributed by atoms with Crippen LogP contribution < -0.4 is 5.73 Å². The zero-order valence-electron chi connectivity index (χ0n) is 22.4. The van der Waals surface area contributed by atoms with Gasteiger partial charge in [0.25, 0.3) is 5.69 Å². The van der Waals surface area contributed by atoms with E-state index in [4.69, 9.17) is 10.2 Å². The number of nitro groups is 1. The molecule has 2 N–H and O–H groups in total. The second-order valence-corrected chi connectivity index (χ2v) is 11.1. The summed E-state index contributed by atoms with van der Waals surface area (Å²) in [6, 6.07) is 19.1. The molecule has 0 amide bonds. The molecule has 3 aromatic carbocycles. The van der Waals surface area contributed by atoms with Gasteiger partial charge in [0, 0.05) is 46.4 Å². The molecule has 5 rings (SSSR count). The highest BCUT2D eigenvalue weighted by molar-refractivity contribution is 6.10. The van der Waals surface area contributed by atoms with Crippen molar-refractivity contribution in [1.82, 2.24) is 0 Å². The standard InChI is InChI=1S/C32H32N2O4/c1-18-19(2)26(34(36)37)13-11-22(18)29-15-14-28(38-29)20(3)30-24(16-32(4,5)17-27(30)35)31-23-9-7-6-8-21(23)10-12-25(31)33/h6-15,20H,16-17,33H2,1-5H3/t20-/m0/s1. The fraction of sp³-hybridized carbons (Fsp3) is 0.281. The number of nitrogens with two attached hydrogens (primary N) is 1. The Morgan fingerprint density at radius 1 is 0.974 bits per heavy atom. The highest BCUT2D eigenvalue weighted by atomic mass is 16.6. The summed E-state index contributed by atoms with van der Waals surface area (Å²) < 4.78 is 6.34. The Balaban J connectivity index is 1.65. The van der Waals surface area contributed by atoms with Gasteiger partial charge in [-0.25, -0.2) is 0 Å². The second-order valence-electron chi connectivity index (χ2n) is 11.1. The molecule has 0 saturated heterocycles. The minimum Gasteiger partial charge on any atom is -0.460 e. The monoisotopic (exact) mass is 508 g/mol. The number of nitro benzene ring substituents is 1. The van der Waals surface area contributed by atoms with Crippen LogP contribution in [0.2, 0.25) is 0 Å². The second kappa shape index (κ2) is 9.28. The van der Waals surface area contributed by atoms with Crippen LogP contribution in [0.4, 0.5) is 11.4 Å². The molecule has 1 aliphatic rings. The van der Waals surface area contributed by atoms with Crippen molar-refractivity contribution in [3.05, 3.63) is 98.8 Å². The SMILES string of the molecule is Cc1c(-c2ccc([C@H](C)C3=C(c4c(N)ccc5ccccc45)CC(C)(C)CC3=O)o2)ccc([N+](=O)[O-])c1C. The minimum atomic E-state index is -0.370. The van der Waals surface area contributed by atoms with Crippen LogP contribution in [0, 0.1) is 29.4 Å². The highest BCUT2D eigenvalue weighted by Crippen LogP contribution is 2.48. The third kappa shape index (κ3) is 4.30. The number of ketones is 1. The molecule has 6 heteroatoms. The predicted molar refractivity (Wildman–Crippen MR) is 152 cm³/mol. The number of hydrogen-bond acceptors (Lipinski definition) is 5. The van der Waals surface area contributed by atoms with Crippen molar-refractivity contribution < 1.29 is 14.1 Å². The lowest BCUT2D eigenvalue weighted by atomic mass is 9.68. The molecular weight excluding hydrogens is 476 g/mol. The molecule has 0 saturated carbocycles. The first kappa shape index (κ1) is 25.5. The average Bonchev–Trinajstić information content (AvgIpc) is 3.34. The Morgan fingerprint density at radius 3 is 2.45 bits per heavy atom. The molecule has 0 unspecified atom stereocenters. The zero-order valence-corrected chi connectivity index (χ0v) is 22.4. The largest absolute Gasteiger partial charge is 0.460 e. The zero-order chi connectivity index (χ0) is 27.4. The molecule has 1 aliphatic carbocycles. The summed E-state index contributed by atoms with van der Waals surface area (Å²) in [4.78, 5) is 24.7. The summed E-state index contributed by atoms with van der Waals surface area (Å²) in [5.41, 5.74) is 12.0. The number of rotatable bonds is 5. The number of carbonyl (C=O) groups excluding carboxylic acids is 1. The Bertz CT molecular complexity index is 1640. The van der Waals surface area contributed by atoms with Gasteiger partial charge < -0.3 is 10.2 Å². The number of carbonyl (C=O) groups is 1. The Labute approximate surface area is 222 Å². The van der Waals surface area contributed by atoms with E-state index in [-0.39, 0.29) is 27.7 Å². The summed E-state index contributed by atoms with van der Waals surface area (Å²) in [5, 5.41) is 13.5. The lowest BCUT2D eigenvalue weighted by molar-refractivity contribution is -0.385. The van der Waals surface area contributed by atoms with E-state index in [1.165, 1.54) is 6.07 Å². The van der Waals surface area contributed by atoms with Crippen LogP contribution in [-0.4, -0.2) is 10.7 Å². The quantitative estimate of drug-likeness (QED) is 0.167. The normalized spacial score (nSPS) is 16.2. The van der Waals surface area contributed by atoms with Crippen molar-refractivity contribution in [3.63, 3.8) is 0 Å². The van der Waals surface area contributed by atoms with Crippen molar-refractivity contribution in [2.24, 2.45) is 5.41 Å². The number of anilines is 1. The maximum atomic E-state index is 13.7. The lowest BCUT2D eigenvalue weighted by Crippen LogP contribution is -2.27. The van der Waals surface area contributed by atoms with Crippen LogP contribution in [-0.2, 0) is 4.79 Å². The number of fused-ring (bicyclic) bond motifs is 1. The molecule has 4 aromatic rings. The number of benzene rings is 3. The van der Waals surface area contributed by atoms with Crippen LogP contribution in [0.1, 0.15) is 62.0 Å². The van der Waals surface area contributed by atoms with E-state index in [2.05, 4.69) is 26.0 Å². The maximum absolute atomic E-state index is 13.7. The van der Waals surface area contributed by atoms with Crippen LogP contribution in [0.25, 0.3) is 27.7 Å². The predicted octanol–water partition coefficient (Wildman–Crippen LogP) is 8.15. The van der Waals surface area contributed by atoms with E-state index < -0.39 is 0 Å². The van der Waals surface area contributed by atoms with E-state index in [0.717, 1.165) is 45.0 Å². The highest BCUT2D eigenvalue weighted by Gasteiger charge is 2.37. The van der Waals surface area contributed by atoms with Gasteiger partial charge in [-0.1, -0.05) is 51.1 Å². The van der Waals surface area contributed by atoms with Crippen molar-refractivity contribution in [3.8, 4) is 11.3 Å². The lowest BCUT2D eigenvalue weighted by Gasteiger charge is -2.35. The number of furan rings is 1. The summed E-state index contributed by atoms with van der Waals surface area (Å²) in [6.45, 7) is 9.86. The first-order valence-electron chi connectivity index (χ1n) is 12.9. The molecule has 0 bridgehead atoms.